The van der Waals surface area contributed by atoms with Crippen molar-refractivity contribution in [3.05, 3.63) is 58.2 Å². The molecule has 1 amide bonds. The Bertz CT molecular complexity index is 911. The summed E-state index contributed by atoms with van der Waals surface area (Å²) in [5.41, 5.74) is 4.35. The van der Waals surface area contributed by atoms with E-state index in [-0.39, 0.29) is 5.91 Å². The van der Waals surface area contributed by atoms with Gasteiger partial charge < -0.3 is 5.32 Å². The van der Waals surface area contributed by atoms with Crippen LogP contribution < -0.4 is 5.32 Å². The molecule has 1 aliphatic heterocycles. The second-order valence-electron chi connectivity index (χ2n) is 4.89. The minimum atomic E-state index is -0.0722. The minimum Gasteiger partial charge on any atom is -0.321 e. The molecule has 0 saturated heterocycles. The third-order valence-corrected chi connectivity index (χ3v) is 4.21. The van der Waals surface area contributed by atoms with Crippen LogP contribution >= 0.6 is 15.9 Å². The topological polar surface area (TPSA) is 57.8 Å². The molecule has 0 radical (unpaired) electrons. The average Bonchev–Trinajstić information content (AvgIpc) is 3.05. The second kappa shape index (κ2) is 4.56. The first-order valence-corrected chi connectivity index (χ1v) is 7.27. The molecule has 2 aromatic carbocycles. The number of nitrogens with one attached hydrogen (secondary N) is 2. The molecule has 2 heterocycles. The Balaban J connectivity index is 1.88. The lowest BCUT2D eigenvalue weighted by molar-refractivity contribution is -0.110. The number of amides is 1. The molecule has 4 rings (SSSR count). The highest BCUT2D eigenvalue weighted by Crippen LogP contribution is 2.33. The van der Waals surface area contributed by atoms with E-state index in [9.17, 15) is 4.79 Å². The number of hydrogen-bond acceptors (Lipinski definition) is 2. The first kappa shape index (κ1) is 12.3. The fourth-order valence-electron chi connectivity index (χ4n) is 2.56. The maximum atomic E-state index is 12.1. The zero-order valence-corrected chi connectivity index (χ0v) is 12.4. The number of benzene rings is 2. The van der Waals surface area contributed by atoms with Crippen LogP contribution in [0.2, 0.25) is 0 Å². The number of anilines is 1. The van der Waals surface area contributed by atoms with Gasteiger partial charge in [-0.25, -0.2) is 0 Å². The summed E-state index contributed by atoms with van der Waals surface area (Å²) >= 11 is 3.53. The quantitative estimate of drug-likeness (QED) is 0.662. The standard InChI is InChI=1S/C16H10BrN3O/c17-13-6-9(7-15-12(13)8-18-20-15)5-11-10-3-1-2-4-14(10)19-16(11)21/h1-8H,(H,18,20)(H,19,21)/b11-5-. The zero-order valence-electron chi connectivity index (χ0n) is 10.9. The number of halogens is 1. The van der Waals surface area contributed by atoms with Gasteiger partial charge in [-0.3, -0.25) is 9.89 Å². The third kappa shape index (κ3) is 1.97. The van der Waals surface area contributed by atoms with Crippen molar-refractivity contribution in [2.75, 3.05) is 5.32 Å². The average molecular weight is 340 g/mol. The van der Waals surface area contributed by atoms with E-state index in [0.29, 0.717) is 5.57 Å². The lowest BCUT2D eigenvalue weighted by Gasteiger charge is -2.00. The van der Waals surface area contributed by atoms with E-state index in [1.165, 1.54) is 0 Å². The highest BCUT2D eigenvalue weighted by Gasteiger charge is 2.23. The van der Waals surface area contributed by atoms with Gasteiger partial charge in [-0.1, -0.05) is 34.1 Å². The molecule has 21 heavy (non-hydrogen) atoms. The van der Waals surface area contributed by atoms with Gasteiger partial charge in [0, 0.05) is 26.7 Å². The summed E-state index contributed by atoms with van der Waals surface area (Å²) in [6.07, 6.45) is 3.67. The predicted octanol–water partition coefficient (Wildman–Crippen LogP) is 3.82. The Hall–Kier alpha value is -2.40. The van der Waals surface area contributed by atoms with Gasteiger partial charge >= 0.3 is 0 Å². The monoisotopic (exact) mass is 339 g/mol. The van der Waals surface area contributed by atoms with E-state index < -0.39 is 0 Å². The summed E-state index contributed by atoms with van der Waals surface area (Å²) in [4.78, 5) is 12.1. The molecule has 1 aliphatic rings. The number of H-pyrrole nitrogens is 1. The number of nitrogens with zero attached hydrogens (tertiary/aromatic N) is 1. The largest absolute Gasteiger partial charge is 0.321 e. The van der Waals surface area contributed by atoms with Gasteiger partial charge in [0.1, 0.15) is 0 Å². The number of carbonyl (C=O) groups excluding carboxylic acids is 1. The van der Waals surface area contributed by atoms with E-state index in [4.69, 9.17) is 0 Å². The number of para-hydroxylation sites is 1. The minimum absolute atomic E-state index is 0.0722. The number of hydrogen-bond donors (Lipinski definition) is 2. The van der Waals surface area contributed by atoms with Crippen LogP contribution in [0.15, 0.2) is 47.1 Å². The number of rotatable bonds is 1. The molecule has 4 nitrogen and oxygen atoms in total. The fourth-order valence-corrected chi connectivity index (χ4v) is 3.14. The van der Waals surface area contributed by atoms with Gasteiger partial charge in [0.2, 0.25) is 0 Å². The molecule has 102 valence electrons. The summed E-state index contributed by atoms with van der Waals surface area (Å²) in [6, 6.07) is 11.7. The molecule has 1 aromatic heterocycles. The fraction of sp³-hybridized carbons (Fsp3) is 0. The highest BCUT2D eigenvalue weighted by atomic mass is 79.9. The Morgan fingerprint density at radius 3 is 2.95 bits per heavy atom. The molecule has 0 spiro atoms. The number of aromatic nitrogens is 2. The van der Waals surface area contributed by atoms with Gasteiger partial charge in [0.15, 0.2) is 0 Å². The van der Waals surface area contributed by atoms with E-state index in [2.05, 4.69) is 31.4 Å². The summed E-state index contributed by atoms with van der Waals surface area (Å²) < 4.78 is 0.951. The van der Waals surface area contributed by atoms with Crippen molar-refractivity contribution in [3.8, 4) is 0 Å². The Morgan fingerprint density at radius 1 is 1.19 bits per heavy atom. The van der Waals surface area contributed by atoms with Gasteiger partial charge in [0.05, 0.1) is 11.7 Å². The summed E-state index contributed by atoms with van der Waals surface area (Å²) in [5.74, 6) is -0.0722. The maximum absolute atomic E-state index is 12.1. The molecule has 0 fully saturated rings. The van der Waals surface area contributed by atoms with Crippen LogP contribution in [0.1, 0.15) is 11.1 Å². The highest BCUT2D eigenvalue weighted by molar-refractivity contribution is 9.10. The summed E-state index contributed by atoms with van der Waals surface area (Å²) in [7, 11) is 0. The Kier molecular flexibility index (Phi) is 2.68. The van der Waals surface area contributed by atoms with Gasteiger partial charge in [0.25, 0.3) is 5.91 Å². The van der Waals surface area contributed by atoms with Crippen molar-refractivity contribution in [1.29, 1.82) is 0 Å². The molecular weight excluding hydrogens is 330 g/mol. The summed E-state index contributed by atoms with van der Waals surface area (Å²) in [5, 5.41) is 10.9. The smallest absolute Gasteiger partial charge is 0.256 e. The van der Waals surface area contributed by atoms with Crippen molar-refractivity contribution >= 4 is 50.1 Å². The van der Waals surface area contributed by atoms with E-state index in [1.807, 2.05) is 42.5 Å². The maximum Gasteiger partial charge on any atom is 0.256 e. The van der Waals surface area contributed by atoms with Gasteiger partial charge in [-0.05, 0) is 29.8 Å². The third-order valence-electron chi connectivity index (χ3n) is 3.55. The van der Waals surface area contributed by atoms with Crippen LogP contribution in [0, 0.1) is 0 Å². The van der Waals surface area contributed by atoms with Crippen LogP contribution in [0.25, 0.3) is 22.6 Å². The normalized spacial score (nSPS) is 15.5. The second-order valence-corrected chi connectivity index (χ2v) is 5.75. The molecule has 0 bridgehead atoms. The number of fused-ring (bicyclic) bond motifs is 2. The molecule has 0 unspecified atom stereocenters. The van der Waals surface area contributed by atoms with Crippen molar-refractivity contribution in [2.24, 2.45) is 0 Å². The van der Waals surface area contributed by atoms with Crippen LogP contribution in [-0.4, -0.2) is 16.1 Å². The molecule has 0 saturated carbocycles. The van der Waals surface area contributed by atoms with Gasteiger partial charge in [-0.15, -0.1) is 0 Å². The lowest BCUT2D eigenvalue weighted by atomic mass is 10.0. The van der Waals surface area contributed by atoms with Crippen LogP contribution in [0.3, 0.4) is 0 Å². The van der Waals surface area contributed by atoms with Crippen LogP contribution in [0.4, 0.5) is 5.69 Å². The number of aromatic amines is 1. The molecular formula is C16H10BrN3O. The Labute approximate surface area is 129 Å². The molecule has 3 aromatic rings. The number of carbonyl (C=O) groups is 1. The SMILES string of the molecule is O=C1Nc2ccccc2/C1=C/c1cc(Br)c2cn[nH]c2c1. The van der Waals surface area contributed by atoms with Crippen LogP contribution in [0.5, 0.6) is 0 Å². The summed E-state index contributed by atoms with van der Waals surface area (Å²) in [6.45, 7) is 0. The van der Waals surface area contributed by atoms with Crippen molar-refractivity contribution in [2.45, 2.75) is 0 Å². The van der Waals surface area contributed by atoms with E-state index in [0.717, 1.165) is 32.2 Å². The molecule has 0 atom stereocenters. The molecule has 2 N–H and O–H groups in total. The predicted molar refractivity (Wildman–Crippen MR) is 86.7 cm³/mol. The van der Waals surface area contributed by atoms with Crippen molar-refractivity contribution in [3.63, 3.8) is 0 Å². The van der Waals surface area contributed by atoms with Crippen molar-refractivity contribution in [1.82, 2.24) is 10.2 Å². The van der Waals surface area contributed by atoms with E-state index >= 15 is 0 Å². The molecule has 5 heteroatoms. The zero-order chi connectivity index (χ0) is 14.4. The van der Waals surface area contributed by atoms with E-state index in [1.54, 1.807) is 6.20 Å². The van der Waals surface area contributed by atoms with Crippen molar-refractivity contribution < 1.29 is 4.79 Å². The van der Waals surface area contributed by atoms with Crippen LogP contribution in [-0.2, 0) is 4.79 Å². The molecule has 0 aliphatic carbocycles. The first-order valence-electron chi connectivity index (χ1n) is 6.47. The first-order chi connectivity index (χ1) is 10.2. The van der Waals surface area contributed by atoms with Gasteiger partial charge in [-0.2, -0.15) is 5.10 Å². The lowest BCUT2D eigenvalue weighted by Crippen LogP contribution is -2.03. The Morgan fingerprint density at radius 2 is 2.05 bits per heavy atom.